The number of nitrogens with one attached hydrogen (secondary N) is 1. The lowest BCUT2D eigenvalue weighted by molar-refractivity contribution is -0.193. The Morgan fingerprint density at radius 1 is 0.863 bits per heavy atom. The van der Waals surface area contributed by atoms with E-state index in [1.807, 2.05) is 6.08 Å². The van der Waals surface area contributed by atoms with Gasteiger partial charge < -0.3 is 29.4 Å². The molecule has 5 rings (SSSR count). The van der Waals surface area contributed by atoms with Gasteiger partial charge in [-0.3, -0.25) is 19.2 Å². The molecule has 0 saturated heterocycles. The Labute approximate surface area is 318 Å². The molecule has 4 saturated carbocycles. The lowest BCUT2D eigenvalue weighted by Crippen LogP contribution is -2.66. The number of aliphatic carboxylic acids is 1. The number of carbonyl (C=O) groups excluding carboxylic acids is 3. The molecule has 0 aromatic heterocycles. The highest BCUT2D eigenvalue weighted by atomic mass is 127. The van der Waals surface area contributed by atoms with Crippen molar-refractivity contribution in [2.45, 2.75) is 109 Å². The molecular formula is C40H62INO9. The number of ketones is 1. The fourth-order valence-corrected chi connectivity index (χ4v) is 12.5. The monoisotopic (exact) mass is 827 g/mol. The van der Waals surface area contributed by atoms with Crippen LogP contribution in [0.1, 0.15) is 106 Å². The molecule has 51 heavy (non-hydrogen) atoms. The van der Waals surface area contributed by atoms with Gasteiger partial charge in [0.15, 0.2) is 5.78 Å². The number of carboxylic acid groups (broad SMARTS) is 1. The van der Waals surface area contributed by atoms with Gasteiger partial charge in [-0.25, -0.2) is 0 Å². The Hall–Kier alpha value is -1.57. The zero-order chi connectivity index (χ0) is 37.5. The molecule has 1 unspecified atom stereocenters. The molecular weight excluding hydrogens is 765 g/mol. The van der Waals surface area contributed by atoms with E-state index in [1.165, 1.54) is 12.7 Å². The van der Waals surface area contributed by atoms with Crippen molar-refractivity contribution in [2.24, 2.45) is 50.7 Å². The van der Waals surface area contributed by atoms with Crippen molar-refractivity contribution >= 4 is 46.2 Å². The van der Waals surface area contributed by atoms with Gasteiger partial charge in [-0.05, 0) is 103 Å². The number of esters is 1. The first-order valence-corrected chi connectivity index (χ1v) is 20.2. The van der Waals surface area contributed by atoms with E-state index in [2.05, 4.69) is 74.2 Å². The highest BCUT2D eigenvalue weighted by Gasteiger charge is 2.70. The van der Waals surface area contributed by atoms with Crippen LogP contribution < -0.4 is 5.32 Å². The Kier molecular flexibility index (Phi) is 12.2. The zero-order valence-corrected chi connectivity index (χ0v) is 34.2. The van der Waals surface area contributed by atoms with Crippen molar-refractivity contribution in [1.82, 2.24) is 5.32 Å². The minimum Gasteiger partial charge on any atom is -0.480 e. The zero-order valence-electron chi connectivity index (χ0n) is 32.0. The second-order valence-corrected chi connectivity index (χ2v) is 19.9. The van der Waals surface area contributed by atoms with Crippen LogP contribution in [0.4, 0.5) is 0 Å². The Balaban J connectivity index is 1.18. The first-order valence-electron chi connectivity index (χ1n) is 19.2. The quantitative estimate of drug-likeness (QED) is 0.0864. The van der Waals surface area contributed by atoms with Crippen LogP contribution in [0.5, 0.6) is 0 Å². The maximum atomic E-state index is 14.6. The van der Waals surface area contributed by atoms with Crippen LogP contribution in [-0.2, 0) is 38.1 Å². The van der Waals surface area contributed by atoms with Gasteiger partial charge >= 0.3 is 11.9 Å². The van der Waals surface area contributed by atoms with Gasteiger partial charge in [0, 0.05) is 18.4 Å². The van der Waals surface area contributed by atoms with E-state index in [0.29, 0.717) is 59.0 Å². The fraction of sp³-hybridized carbons (Fsp3) is 0.850. The largest absolute Gasteiger partial charge is 0.480 e. The predicted molar refractivity (Wildman–Crippen MR) is 201 cm³/mol. The van der Waals surface area contributed by atoms with E-state index < -0.39 is 9.39 Å². The smallest absolute Gasteiger partial charge is 0.319 e. The molecule has 9 atom stereocenters. The van der Waals surface area contributed by atoms with Crippen molar-refractivity contribution in [1.29, 1.82) is 0 Å². The Morgan fingerprint density at radius 2 is 1.49 bits per heavy atom. The van der Waals surface area contributed by atoms with E-state index in [9.17, 15) is 24.3 Å². The van der Waals surface area contributed by atoms with Gasteiger partial charge in [-0.1, -0.05) is 69.7 Å². The van der Waals surface area contributed by atoms with Crippen molar-refractivity contribution in [3.63, 3.8) is 0 Å². The molecule has 0 spiro atoms. The SMILES string of the molecule is COC(=O)CCOCCOCCOCCNC(=O)[C@H]1CC[C@]2(C)[C@H]3C(=O)C=C4C5C[C@@](I)(C(=O)O)CC[C@]5(C)CC[C@@]4(C)[C@]3(C)CC[C@H]2C1(C)C. The summed E-state index contributed by atoms with van der Waals surface area (Å²) in [6.07, 6.45) is 9.96. The molecule has 10 nitrogen and oxygen atoms in total. The highest BCUT2D eigenvalue weighted by molar-refractivity contribution is 14.1. The topological polar surface area (TPSA) is 137 Å². The molecule has 0 radical (unpaired) electrons. The summed E-state index contributed by atoms with van der Waals surface area (Å²) in [4.78, 5) is 51.8. The third kappa shape index (κ3) is 7.32. The van der Waals surface area contributed by atoms with Gasteiger partial charge in [0.1, 0.15) is 3.42 Å². The van der Waals surface area contributed by atoms with Gasteiger partial charge in [0.2, 0.25) is 5.91 Å². The van der Waals surface area contributed by atoms with Crippen LogP contribution in [0.15, 0.2) is 11.6 Å². The lowest BCUT2D eigenvalue weighted by atomic mass is 9.33. The number of alkyl halides is 1. The number of carboxylic acids is 1. The Bertz CT molecular complexity index is 1380. The molecule has 0 aliphatic heterocycles. The minimum atomic E-state index is -0.792. The number of rotatable bonds is 14. The maximum Gasteiger partial charge on any atom is 0.319 e. The molecule has 5 aliphatic rings. The van der Waals surface area contributed by atoms with Crippen molar-refractivity contribution < 1.29 is 43.2 Å². The Morgan fingerprint density at radius 3 is 2.14 bits per heavy atom. The van der Waals surface area contributed by atoms with Crippen LogP contribution in [0.2, 0.25) is 0 Å². The average molecular weight is 828 g/mol. The van der Waals surface area contributed by atoms with Gasteiger partial charge in [-0.15, -0.1) is 0 Å². The summed E-state index contributed by atoms with van der Waals surface area (Å²) in [5, 5.41) is 13.3. The number of fused-ring (bicyclic) bond motifs is 7. The minimum absolute atomic E-state index is 0.0240. The van der Waals surface area contributed by atoms with Gasteiger partial charge in [0.05, 0.1) is 53.2 Å². The molecule has 288 valence electrons. The third-order valence-electron chi connectivity index (χ3n) is 15.0. The molecule has 0 bridgehead atoms. The van der Waals surface area contributed by atoms with Crippen LogP contribution in [0.25, 0.3) is 0 Å². The molecule has 4 fully saturated rings. The normalized spacial score (nSPS) is 39.8. The van der Waals surface area contributed by atoms with Crippen molar-refractivity contribution in [3.05, 3.63) is 11.6 Å². The summed E-state index contributed by atoms with van der Waals surface area (Å²) in [5.41, 5.74) is 0.349. The lowest BCUT2D eigenvalue weighted by Gasteiger charge is -2.70. The second kappa shape index (κ2) is 15.3. The van der Waals surface area contributed by atoms with E-state index >= 15 is 0 Å². The average Bonchev–Trinajstić information content (AvgIpc) is 3.06. The number of amides is 1. The van der Waals surface area contributed by atoms with Crippen LogP contribution in [0.3, 0.4) is 0 Å². The first kappa shape index (κ1) is 40.6. The van der Waals surface area contributed by atoms with E-state index in [1.54, 1.807) is 0 Å². The molecule has 2 N–H and O–H groups in total. The number of ether oxygens (including phenoxy) is 4. The first-order chi connectivity index (χ1) is 23.9. The molecule has 0 aromatic rings. The summed E-state index contributed by atoms with van der Waals surface area (Å²) >= 11 is 2.18. The number of hydrogen-bond donors (Lipinski definition) is 2. The highest BCUT2D eigenvalue weighted by Crippen LogP contribution is 2.75. The number of halogens is 1. The molecule has 1 amide bonds. The summed E-state index contributed by atoms with van der Waals surface area (Å²) in [7, 11) is 1.35. The van der Waals surface area contributed by atoms with Crippen molar-refractivity contribution in [3.8, 4) is 0 Å². The van der Waals surface area contributed by atoms with E-state index in [4.69, 9.17) is 14.2 Å². The summed E-state index contributed by atoms with van der Waals surface area (Å²) in [5.74, 6) is -0.682. The maximum absolute atomic E-state index is 14.6. The molecule has 5 aliphatic carbocycles. The van der Waals surface area contributed by atoms with Crippen LogP contribution in [0, 0.1) is 50.7 Å². The van der Waals surface area contributed by atoms with Crippen molar-refractivity contribution in [2.75, 3.05) is 53.3 Å². The predicted octanol–water partition coefficient (Wildman–Crippen LogP) is 6.56. The van der Waals surface area contributed by atoms with Gasteiger partial charge in [-0.2, -0.15) is 0 Å². The summed E-state index contributed by atoms with van der Waals surface area (Å²) < 4.78 is 20.3. The summed E-state index contributed by atoms with van der Waals surface area (Å²) in [6, 6.07) is 0. The van der Waals surface area contributed by atoms with Gasteiger partial charge in [0.25, 0.3) is 0 Å². The number of carbonyl (C=O) groups is 4. The number of hydrogen-bond acceptors (Lipinski definition) is 8. The molecule has 11 heteroatoms. The van der Waals surface area contributed by atoms with E-state index in [-0.39, 0.29) is 74.8 Å². The van der Waals surface area contributed by atoms with E-state index in [0.717, 1.165) is 44.9 Å². The standard InChI is InChI=1S/C40H62INO9/c1-35(2)26(33(45)42-17-19-50-21-23-51-22-20-49-18-10-31(44)48-7)8-11-37(4)30(35)9-12-39(6)32(37)29(43)24-27-28-25-40(41,34(46)47)16-14-36(28,3)13-15-38(27,39)5/h24,26,28,30,32H,8-23,25H2,1-7H3,(H,42,45)(H,46,47)/t26-,28?,30+,32-,36+,37+,38-,39-,40-/m1/s1. The number of methoxy groups -OCH3 is 1. The summed E-state index contributed by atoms with van der Waals surface area (Å²) in [6.45, 7) is 16.7. The number of allylic oxidation sites excluding steroid dienone is 2. The molecule has 0 heterocycles. The van der Waals surface area contributed by atoms with Crippen LogP contribution in [-0.4, -0.2) is 85.5 Å². The third-order valence-corrected chi connectivity index (χ3v) is 16.4. The fourth-order valence-electron chi connectivity index (χ4n) is 11.8. The molecule has 0 aromatic carbocycles. The second-order valence-electron chi connectivity index (χ2n) is 17.8. The van der Waals surface area contributed by atoms with Crippen LogP contribution >= 0.6 is 22.6 Å².